The third-order valence-corrected chi connectivity index (χ3v) is 3.52. The Morgan fingerprint density at radius 3 is 3.14 bits per heavy atom. The molecule has 0 radical (unpaired) electrons. The molecule has 0 spiro atoms. The van der Waals surface area contributed by atoms with Crippen LogP contribution >= 0.6 is 0 Å². The number of rotatable bonds is 3. The van der Waals surface area contributed by atoms with Crippen molar-refractivity contribution >= 4 is 11.6 Å². The van der Waals surface area contributed by atoms with Crippen molar-refractivity contribution in [2.24, 2.45) is 0 Å². The van der Waals surface area contributed by atoms with Crippen LogP contribution in [0.25, 0.3) is 5.65 Å². The summed E-state index contributed by atoms with van der Waals surface area (Å²) >= 11 is 0. The van der Waals surface area contributed by atoms with Gasteiger partial charge >= 0.3 is 0 Å². The first kappa shape index (κ1) is 13.7. The molecule has 2 aromatic rings. The highest BCUT2D eigenvalue weighted by Crippen LogP contribution is 2.16. The molecule has 0 saturated carbocycles. The van der Waals surface area contributed by atoms with Crippen LogP contribution in [-0.4, -0.2) is 45.8 Å². The van der Waals surface area contributed by atoms with Crippen molar-refractivity contribution in [2.45, 2.75) is 12.0 Å². The molecular weight excluding hydrogens is 274 g/mol. The van der Waals surface area contributed by atoms with E-state index in [0.29, 0.717) is 18.7 Å². The number of fused-ring (bicyclic) bond motifs is 1. The van der Waals surface area contributed by atoms with Gasteiger partial charge in [0.25, 0.3) is 11.5 Å². The van der Waals surface area contributed by atoms with Crippen LogP contribution in [0.1, 0.15) is 16.8 Å². The summed E-state index contributed by atoms with van der Waals surface area (Å²) in [5.41, 5.74) is -1.08. The van der Waals surface area contributed by atoms with E-state index in [1.54, 1.807) is 24.4 Å². The lowest BCUT2D eigenvalue weighted by Gasteiger charge is -2.20. The zero-order valence-corrected chi connectivity index (χ0v) is 11.3. The Bertz CT molecular complexity index is 734. The third-order valence-electron chi connectivity index (χ3n) is 3.52. The molecule has 0 aliphatic carbocycles. The number of pyridine rings is 1. The maximum absolute atomic E-state index is 12.2. The van der Waals surface area contributed by atoms with Gasteiger partial charge in [-0.25, -0.2) is 4.98 Å². The SMILES string of the molecule is O=C(NCC1(O)CCOC1)c1cnc2ccccn2c1=O. The number of amides is 1. The van der Waals surface area contributed by atoms with E-state index in [4.69, 9.17) is 4.74 Å². The molecule has 0 bridgehead atoms. The number of carbonyl (C=O) groups is 1. The zero-order chi connectivity index (χ0) is 14.9. The Hall–Kier alpha value is -2.25. The molecule has 3 heterocycles. The van der Waals surface area contributed by atoms with E-state index in [1.807, 2.05) is 0 Å². The van der Waals surface area contributed by atoms with Crippen molar-refractivity contribution in [3.05, 3.63) is 46.5 Å². The topological polar surface area (TPSA) is 92.9 Å². The Labute approximate surface area is 120 Å². The van der Waals surface area contributed by atoms with E-state index >= 15 is 0 Å². The highest BCUT2D eigenvalue weighted by Gasteiger charge is 2.32. The van der Waals surface area contributed by atoms with Crippen LogP contribution in [0.2, 0.25) is 0 Å². The highest BCUT2D eigenvalue weighted by molar-refractivity contribution is 5.93. The largest absolute Gasteiger partial charge is 0.386 e. The summed E-state index contributed by atoms with van der Waals surface area (Å²) in [6.07, 6.45) is 3.27. The van der Waals surface area contributed by atoms with Gasteiger partial charge in [0, 0.05) is 32.0 Å². The van der Waals surface area contributed by atoms with E-state index in [1.165, 1.54) is 10.6 Å². The van der Waals surface area contributed by atoms with Gasteiger partial charge in [-0.3, -0.25) is 14.0 Å². The molecule has 1 atom stereocenters. The molecule has 0 aromatic carbocycles. The van der Waals surface area contributed by atoms with E-state index in [0.717, 1.165) is 0 Å². The van der Waals surface area contributed by atoms with Crippen LogP contribution < -0.4 is 10.9 Å². The van der Waals surface area contributed by atoms with Crippen molar-refractivity contribution in [3.8, 4) is 0 Å². The smallest absolute Gasteiger partial charge is 0.270 e. The molecule has 2 N–H and O–H groups in total. The second kappa shape index (κ2) is 5.27. The van der Waals surface area contributed by atoms with Gasteiger partial charge in [0.1, 0.15) is 16.8 Å². The number of hydrogen-bond donors (Lipinski definition) is 2. The van der Waals surface area contributed by atoms with Gasteiger partial charge in [-0.1, -0.05) is 6.07 Å². The van der Waals surface area contributed by atoms with Gasteiger partial charge in [-0.2, -0.15) is 0 Å². The Morgan fingerprint density at radius 1 is 1.52 bits per heavy atom. The number of nitrogens with zero attached hydrogens (tertiary/aromatic N) is 2. The van der Waals surface area contributed by atoms with Gasteiger partial charge in [0.15, 0.2) is 0 Å². The molecule has 1 amide bonds. The van der Waals surface area contributed by atoms with Gasteiger partial charge in [0.2, 0.25) is 0 Å². The van der Waals surface area contributed by atoms with Gasteiger partial charge in [-0.05, 0) is 12.1 Å². The summed E-state index contributed by atoms with van der Waals surface area (Å²) in [4.78, 5) is 28.4. The third kappa shape index (κ3) is 2.65. The van der Waals surface area contributed by atoms with Crippen LogP contribution in [0.3, 0.4) is 0 Å². The molecule has 1 fully saturated rings. The van der Waals surface area contributed by atoms with E-state index in [2.05, 4.69) is 10.3 Å². The van der Waals surface area contributed by atoms with Crippen molar-refractivity contribution in [3.63, 3.8) is 0 Å². The van der Waals surface area contributed by atoms with Crippen LogP contribution in [0.5, 0.6) is 0 Å². The minimum absolute atomic E-state index is 0.0444. The van der Waals surface area contributed by atoms with Crippen molar-refractivity contribution in [1.29, 1.82) is 0 Å². The first-order valence-corrected chi connectivity index (χ1v) is 6.64. The Kier molecular flexibility index (Phi) is 3.44. The highest BCUT2D eigenvalue weighted by atomic mass is 16.5. The molecule has 7 nitrogen and oxygen atoms in total. The lowest BCUT2D eigenvalue weighted by atomic mass is 10.0. The first-order chi connectivity index (χ1) is 10.1. The fourth-order valence-electron chi connectivity index (χ4n) is 2.26. The maximum atomic E-state index is 12.2. The van der Waals surface area contributed by atoms with Gasteiger partial charge < -0.3 is 15.2 Å². The Morgan fingerprint density at radius 2 is 2.38 bits per heavy atom. The number of hydrogen-bond acceptors (Lipinski definition) is 5. The van der Waals surface area contributed by atoms with Crippen molar-refractivity contribution in [1.82, 2.24) is 14.7 Å². The molecule has 1 saturated heterocycles. The summed E-state index contributed by atoms with van der Waals surface area (Å²) in [5, 5.41) is 12.7. The number of ether oxygens (including phenoxy) is 1. The molecule has 1 unspecified atom stereocenters. The summed E-state index contributed by atoms with van der Waals surface area (Å²) in [5.74, 6) is -0.550. The number of nitrogens with one attached hydrogen (secondary N) is 1. The Balaban J connectivity index is 1.81. The summed E-state index contributed by atoms with van der Waals surface area (Å²) in [6, 6.07) is 5.13. The minimum atomic E-state index is -1.06. The van der Waals surface area contributed by atoms with Gasteiger partial charge in [0.05, 0.1) is 6.61 Å². The molecule has 21 heavy (non-hydrogen) atoms. The molecule has 3 rings (SSSR count). The predicted octanol–water partition coefficient (Wildman–Crippen LogP) is -0.424. The fourth-order valence-corrected chi connectivity index (χ4v) is 2.26. The van der Waals surface area contributed by atoms with Crippen molar-refractivity contribution in [2.75, 3.05) is 19.8 Å². The predicted molar refractivity (Wildman–Crippen MR) is 74.2 cm³/mol. The zero-order valence-electron chi connectivity index (χ0n) is 11.3. The lowest BCUT2D eigenvalue weighted by molar-refractivity contribution is 0.0264. The molecule has 1 aliphatic heterocycles. The monoisotopic (exact) mass is 289 g/mol. The first-order valence-electron chi connectivity index (χ1n) is 6.64. The fraction of sp³-hybridized carbons (Fsp3) is 0.357. The maximum Gasteiger partial charge on any atom is 0.270 e. The van der Waals surface area contributed by atoms with Crippen LogP contribution in [0.15, 0.2) is 35.4 Å². The molecular formula is C14H15N3O4. The number of carbonyl (C=O) groups excluding carboxylic acids is 1. The summed E-state index contributed by atoms with van der Waals surface area (Å²) in [6.45, 7) is 0.692. The normalized spacial score (nSPS) is 21.6. The van der Waals surface area contributed by atoms with Gasteiger partial charge in [-0.15, -0.1) is 0 Å². The van der Waals surface area contributed by atoms with E-state index < -0.39 is 17.1 Å². The number of aliphatic hydroxyl groups is 1. The second-order valence-electron chi connectivity index (χ2n) is 5.12. The van der Waals surface area contributed by atoms with Crippen molar-refractivity contribution < 1.29 is 14.6 Å². The van der Waals surface area contributed by atoms with Crippen LogP contribution in [0, 0.1) is 0 Å². The summed E-state index contributed by atoms with van der Waals surface area (Å²) < 4.78 is 6.41. The molecule has 7 heteroatoms. The lowest BCUT2D eigenvalue weighted by Crippen LogP contribution is -2.44. The average Bonchev–Trinajstić information content (AvgIpc) is 2.93. The molecule has 110 valence electrons. The standard InChI is InChI=1S/C14H15N3O4/c18-12(16-8-14(20)4-6-21-9-14)10-7-15-11-3-1-2-5-17(11)13(10)19/h1-3,5,7,20H,4,6,8-9H2,(H,16,18). The quantitative estimate of drug-likeness (QED) is 0.800. The second-order valence-corrected chi connectivity index (χ2v) is 5.12. The molecule has 1 aliphatic rings. The van der Waals surface area contributed by atoms with Crippen LogP contribution in [-0.2, 0) is 4.74 Å². The molecule has 2 aromatic heterocycles. The van der Waals surface area contributed by atoms with Crippen LogP contribution in [0.4, 0.5) is 0 Å². The van der Waals surface area contributed by atoms with E-state index in [-0.39, 0.29) is 18.7 Å². The van der Waals surface area contributed by atoms with E-state index in [9.17, 15) is 14.7 Å². The number of aromatic nitrogens is 2. The average molecular weight is 289 g/mol. The minimum Gasteiger partial charge on any atom is -0.386 e. The summed E-state index contributed by atoms with van der Waals surface area (Å²) in [7, 11) is 0.